The largest absolute Gasteiger partial charge is 0.396 e. The Morgan fingerprint density at radius 1 is 1.05 bits per heavy atom. The van der Waals surface area contributed by atoms with Crippen molar-refractivity contribution < 1.29 is 9.90 Å². The number of carbonyl (C=O) groups is 1. The second-order valence-electron chi connectivity index (χ2n) is 6.58. The molecule has 2 aliphatic carbocycles. The van der Waals surface area contributed by atoms with Gasteiger partial charge in [0, 0.05) is 13.2 Å². The molecule has 2 rings (SSSR count). The Morgan fingerprint density at radius 3 is 2.21 bits per heavy atom. The molecule has 0 spiro atoms. The fourth-order valence-electron chi connectivity index (χ4n) is 3.73. The quantitative estimate of drug-likeness (QED) is 0.710. The lowest BCUT2D eigenvalue weighted by Crippen LogP contribution is -2.56. The van der Waals surface area contributed by atoms with Gasteiger partial charge >= 0.3 is 0 Å². The van der Waals surface area contributed by atoms with Crippen molar-refractivity contribution in [2.24, 2.45) is 11.1 Å². The summed E-state index contributed by atoms with van der Waals surface area (Å²) in [5.74, 6) is 0.0245. The number of rotatable bonds is 5. The standard InChI is InChI=1S/C15H28N2O2/c16-15(8-2-1-3-9-15)13(19)17-12-14(10-11-18)6-4-5-7-14/h18H,1-12,16H2,(H,17,19). The van der Waals surface area contributed by atoms with Gasteiger partial charge in [0.25, 0.3) is 0 Å². The molecule has 4 heteroatoms. The van der Waals surface area contributed by atoms with E-state index in [2.05, 4.69) is 5.32 Å². The molecule has 0 aliphatic heterocycles. The predicted octanol–water partition coefficient (Wildman–Crippen LogP) is 1.71. The van der Waals surface area contributed by atoms with Crippen molar-refractivity contribution in [2.45, 2.75) is 69.7 Å². The molecule has 0 radical (unpaired) electrons. The molecule has 0 saturated heterocycles. The van der Waals surface area contributed by atoms with Crippen LogP contribution in [0.2, 0.25) is 0 Å². The van der Waals surface area contributed by atoms with Gasteiger partial charge in [0.2, 0.25) is 5.91 Å². The van der Waals surface area contributed by atoms with Gasteiger partial charge < -0.3 is 16.2 Å². The second kappa shape index (κ2) is 6.23. The van der Waals surface area contributed by atoms with Crippen molar-refractivity contribution in [1.29, 1.82) is 0 Å². The van der Waals surface area contributed by atoms with Crippen molar-refractivity contribution in [3.63, 3.8) is 0 Å². The number of nitrogens with one attached hydrogen (secondary N) is 1. The van der Waals surface area contributed by atoms with E-state index in [4.69, 9.17) is 5.73 Å². The van der Waals surface area contributed by atoms with Gasteiger partial charge in [-0.15, -0.1) is 0 Å². The van der Waals surface area contributed by atoms with Gasteiger partial charge in [-0.05, 0) is 37.5 Å². The van der Waals surface area contributed by atoms with Crippen LogP contribution in [0.15, 0.2) is 0 Å². The van der Waals surface area contributed by atoms with E-state index in [-0.39, 0.29) is 17.9 Å². The lowest BCUT2D eigenvalue weighted by atomic mass is 9.80. The average Bonchev–Trinajstić information content (AvgIpc) is 2.86. The molecule has 0 aromatic heterocycles. The molecule has 0 aromatic rings. The van der Waals surface area contributed by atoms with Crippen LogP contribution in [0.5, 0.6) is 0 Å². The summed E-state index contributed by atoms with van der Waals surface area (Å²) in [6.07, 6.45) is 10.4. The minimum atomic E-state index is -0.642. The van der Waals surface area contributed by atoms with E-state index in [0.717, 1.165) is 44.9 Å². The zero-order chi connectivity index (χ0) is 13.8. The van der Waals surface area contributed by atoms with Crippen LogP contribution < -0.4 is 11.1 Å². The Morgan fingerprint density at radius 2 is 1.63 bits per heavy atom. The molecule has 4 nitrogen and oxygen atoms in total. The topological polar surface area (TPSA) is 75.4 Å². The third-order valence-corrected chi connectivity index (χ3v) is 5.13. The maximum atomic E-state index is 12.3. The summed E-state index contributed by atoms with van der Waals surface area (Å²) in [5, 5.41) is 12.3. The molecule has 2 fully saturated rings. The van der Waals surface area contributed by atoms with Crippen LogP contribution in [0.1, 0.15) is 64.2 Å². The van der Waals surface area contributed by atoms with Crippen molar-refractivity contribution in [3.05, 3.63) is 0 Å². The van der Waals surface area contributed by atoms with E-state index in [1.807, 2.05) is 0 Å². The molecule has 0 aromatic carbocycles. The van der Waals surface area contributed by atoms with E-state index in [1.54, 1.807) is 0 Å². The summed E-state index contributed by atoms with van der Waals surface area (Å²) in [4.78, 5) is 12.3. The summed E-state index contributed by atoms with van der Waals surface area (Å²) in [6.45, 7) is 0.898. The highest BCUT2D eigenvalue weighted by Crippen LogP contribution is 2.40. The lowest BCUT2D eigenvalue weighted by molar-refractivity contribution is -0.128. The Labute approximate surface area is 116 Å². The van der Waals surface area contributed by atoms with Gasteiger partial charge in [-0.3, -0.25) is 4.79 Å². The first-order chi connectivity index (χ1) is 9.10. The summed E-state index contributed by atoms with van der Waals surface area (Å²) in [7, 11) is 0. The first kappa shape index (κ1) is 14.8. The van der Waals surface area contributed by atoms with E-state index >= 15 is 0 Å². The lowest BCUT2D eigenvalue weighted by Gasteiger charge is -2.34. The van der Waals surface area contributed by atoms with E-state index < -0.39 is 5.54 Å². The van der Waals surface area contributed by atoms with Crippen molar-refractivity contribution in [1.82, 2.24) is 5.32 Å². The number of amides is 1. The summed E-state index contributed by atoms with van der Waals surface area (Å²) >= 11 is 0. The molecule has 0 atom stereocenters. The molecular formula is C15H28N2O2. The van der Waals surface area contributed by atoms with Crippen molar-refractivity contribution in [2.75, 3.05) is 13.2 Å². The first-order valence-electron chi connectivity index (χ1n) is 7.78. The number of hydrogen-bond donors (Lipinski definition) is 3. The maximum absolute atomic E-state index is 12.3. The van der Waals surface area contributed by atoms with Crippen LogP contribution in [0.25, 0.3) is 0 Å². The highest BCUT2D eigenvalue weighted by atomic mass is 16.3. The monoisotopic (exact) mass is 268 g/mol. The SMILES string of the molecule is NC1(C(=O)NCC2(CCO)CCCC2)CCCCC1. The predicted molar refractivity (Wildman–Crippen MR) is 75.6 cm³/mol. The summed E-state index contributed by atoms with van der Waals surface area (Å²) in [5.41, 5.74) is 5.72. The van der Waals surface area contributed by atoms with Gasteiger partial charge in [0.1, 0.15) is 0 Å². The van der Waals surface area contributed by atoms with E-state index in [9.17, 15) is 9.90 Å². The minimum absolute atomic E-state index is 0.0245. The normalized spacial score (nSPS) is 25.2. The van der Waals surface area contributed by atoms with Gasteiger partial charge in [-0.1, -0.05) is 32.1 Å². The number of aliphatic hydroxyl groups is 1. The third kappa shape index (κ3) is 3.48. The Kier molecular flexibility index (Phi) is 4.85. The fourth-order valence-corrected chi connectivity index (χ4v) is 3.73. The molecular weight excluding hydrogens is 240 g/mol. The van der Waals surface area contributed by atoms with E-state index in [1.165, 1.54) is 19.3 Å². The number of nitrogens with two attached hydrogens (primary N) is 1. The van der Waals surface area contributed by atoms with Crippen molar-refractivity contribution in [3.8, 4) is 0 Å². The summed E-state index contributed by atoms with van der Waals surface area (Å²) < 4.78 is 0. The highest BCUT2D eigenvalue weighted by Gasteiger charge is 2.38. The minimum Gasteiger partial charge on any atom is -0.396 e. The molecule has 1 amide bonds. The van der Waals surface area contributed by atoms with Crippen LogP contribution in [0.3, 0.4) is 0 Å². The zero-order valence-electron chi connectivity index (χ0n) is 11.9. The van der Waals surface area contributed by atoms with E-state index in [0.29, 0.717) is 6.54 Å². The first-order valence-corrected chi connectivity index (χ1v) is 7.78. The molecule has 0 heterocycles. The van der Waals surface area contributed by atoms with Crippen LogP contribution >= 0.6 is 0 Å². The third-order valence-electron chi connectivity index (χ3n) is 5.13. The number of hydrogen-bond acceptors (Lipinski definition) is 3. The summed E-state index contributed by atoms with van der Waals surface area (Å²) in [6, 6.07) is 0. The fraction of sp³-hybridized carbons (Fsp3) is 0.933. The van der Waals surface area contributed by atoms with Gasteiger partial charge in [-0.2, -0.15) is 0 Å². The second-order valence-corrected chi connectivity index (χ2v) is 6.58. The van der Waals surface area contributed by atoms with Gasteiger partial charge in [0.15, 0.2) is 0 Å². The molecule has 0 bridgehead atoms. The van der Waals surface area contributed by atoms with Gasteiger partial charge in [0.05, 0.1) is 5.54 Å². The van der Waals surface area contributed by atoms with Crippen LogP contribution in [-0.4, -0.2) is 29.7 Å². The van der Waals surface area contributed by atoms with Crippen molar-refractivity contribution >= 4 is 5.91 Å². The Hall–Kier alpha value is -0.610. The molecule has 19 heavy (non-hydrogen) atoms. The number of aliphatic hydroxyl groups excluding tert-OH is 1. The molecule has 110 valence electrons. The van der Waals surface area contributed by atoms with Crippen LogP contribution in [-0.2, 0) is 4.79 Å². The molecule has 2 saturated carbocycles. The van der Waals surface area contributed by atoms with Crippen LogP contribution in [0, 0.1) is 5.41 Å². The highest BCUT2D eigenvalue weighted by molar-refractivity contribution is 5.86. The van der Waals surface area contributed by atoms with Crippen LogP contribution in [0.4, 0.5) is 0 Å². The maximum Gasteiger partial charge on any atom is 0.240 e. The Bertz CT molecular complexity index is 305. The number of carbonyl (C=O) groups excluding carboxylic acids is 1. The molecule has 4 N–H and O–H groups in total. The molecule has 2 aliphatic rings. The average molecular weight is 268 g/mol. The molecule has 0 unspecified atom stereocenters. The van der Waals surface area contributed by atoms with Gasteiger partial charge in [-0.25, -0.2) is 0 Å². The smallest absolute Gasteiger partial charge is 0.240 e. The Balaban J connectivity index is 1.88. The zero-order valence-corrected chi connectivity index (χ0v) is 11.9.